The SMILES string of the molecule is COc1nc(Nc2ccccc2)nc(Nc2ccc(C=Cc3ccc(Nc4nc(OC)nc(OC)n4)cc3S(=O)(=O)[O-])c(S(=O)(=O)O)c2)n1.[H+].[KH]. The van der Waals surface area contributed by atoms with Gasteiger partial charge in [0.25, 0.3) is 10.1 Å². The van der Waals surface area contributed by atoms with Crippen LogP contribution in [0.1, 0.15) is 12.6 Å². The molecule has 2 aromatic heterocycles. The molecule has 0 aliphatic rings. The third kappa shape index (κ3) is 10.1. The number of methoxy groups -OCH3 is 3. The van der Waals surface area contributed by atoms with E-state index in [1.54, 1.807) is 12.1 Å². The maximum atomic E-state index is 12.4. The van der Waals surface area contributed by atoms with E-state index in [1.165, 1.54) is 57.7 Å². The molecular weight excluding hydrogens is 722 g/mol. The van der Waals surface area contributed by atoms with Gasteiger partial charge in [-0.05, 0) is 47.5 Å². The van der Waals surface area contributed by atoms with E-state index >= 15 is 0 Å². The van der Waals surface area contributed by atoms with E-state index in [4.69, 9.17) is 14.2 Å². The van der Waals surface area contributed by atoms with Crippen LogP contribution in [-0.2, 0) is 20.2 Å². The molecule has 0 atom stereocenters. The zero-order chi connectivity index (χ0) is 35.2. The van der Waals surface area contributed by atoms with Crippen LogP contribution in [0.5, 0.6) is 18.0 Å². The summed E-state index contributed by atoms with van der Waals surface area (Å²) in [6, 6.07) is 16.5. The number of hydrogen-bond donors (Lipinski definition) is 4. The first-order valence-electron chi connectivity index (χ1n) is 13.7. The van der Waals surface area contributed by atoms with Crippen molar-refractivity contribution in [1.82, 2.24) is 29.9 Å². The molecule has 0 aliphatic heterocycles. The van der Waals surface area contributed by atoms with Crippen LogP contribution in [0.3, 0.4) is 0 Å². The average Bonchev–Trinajstić information content (AvgIpc) is 3.07. The Hall–Kier alpha value is -4.32. The minimum absolute atomic E-state index is 0. The summed E-state index contributed by atoms with van der Waals surface area (Å²) in [7, 11) is -5.85. The summed E-state index contributed by atoms with van der Waals surface area (Å²) in [4.78, 5) is 23.2. The van der Waals surface area contributed by atoms with Gasteiger partial charge in [0.05, 0.1) is 26.2 Å². The molecular formula is C29H28KN9O9S2. The van der Waals surface area contributed by atoms with E-state index in [2.05, 4.69) is 45.9 Å². The second-order valence-electron chi connectivity index (χ2n) is 9.61. The molecule has 4 N–H and O–H groups in total. The molecule has 0 saturated carbocycles. The first-order valence-corrected chi connectivity index (χ1v) is 16.6. The Labute approximate surface area is 330 Å². The van der Waals surface area contributed by atoms with E-state index in [-0.39, 0.29) is 111 Å². The van der Waals surface area contributed by atoms with Crippen LogP contribution in [0.15, 0.2) is 76.5 Å². The fourth-order valence-electron chi connectivity index (χ4n) is 4.16. The molecule has 0 fully saturated rings. The monoisotopic (exact) mass is 749 g/mol. The fourth-order valence-corrected chi connectivity index (χ4v) is 5.57. The summed E-state index contributed by atoms with van der Waals surface area (Å²) in [6.45, 7) is 0. The summed E-state index contributed by atoms with van der Waals surface area (Å²) in [5.74, 6) is 0.0585. The van der Waals surface area contributed by atoms with Crippen LogP contribution in [0.2, 0.25) is 0 Å². The van der Waals surface area contributed by atoms with Gasteiger partial charge in [-0.3, -0.25) is 4.55 Å². The van der Waals surface area contributed by atoms with E-state index in [1.807, 2.05) is 18.2 Å². The molecule has 0 bridgehead atoms. The Kier molecular flexibility index (Phi) is 12.8. The van der Waals surface area contributed by atoms with Crippen molar-refractivity contribution in [2.45, 2.75) is 9.79 Å². The number of rotatable bonds is 13. The first-order chi connectivity index (χ1) is 23.3. The van der Waals surface area contributed by atoms with E-state index in [0.29, 0.717) is 5.69 Å². The number of para-hydroxylation sites is 1. The first kappa shape index (κ1) is 38.5. The van der Waals surface area contributed by atoms with Crippen LogP contribution in [0, 0.1) is 0 Å². The molecule has 0 saturated heterocycles. The van der Waals surface area contributed by atoms with Crippen molar-refractivity contribution in [2.75, 3.05) is 37.3 Å². The van der Waals surface area contributed by atoms with Gasteiger partial charge in [0.1, 0.15) is 15.0 Å². The van der Waals surface area contributed by atoms with Gasteiger partial charge >= 0.3 is 70.8 Å². The molecule has 5 rings (SSSR count). The van der Waals surface area contributed by atoms with Crippen molar-refractivity contribution in [3.63, 3.8) is 0 Å². The van der Waals surface area contributed by atoms with Crippen molar-refractivity contribution in [2.24, 2.45) is 0 Å². The molecule has 5 aromatic rings. The molecule has 0 spiro atoms. The number of benzene rings is 3. The Morgan fingerprint density at radius 3 is 1.50 bits per heavy atom. The summed E-state index contributed by atoms with van der Waals surface area (Å²) in [5, 5.41) is 8.60. The number of hydrogen-bond acceptors (Lipinski definition) is 17. The third-order valence-electron chi connectivity index (χ3n) is 6.32. The van der Waals surface area contributed by atoms with E-state index in [0.717, 1.165) is 12.1 Å². The van der Waals surface area contributed by atoms with Crippen molar-refractivity contribution < 1.29 is 41.6 Å². The second-order valence-corrected chi connectivity index (χ2v) is 12.3. The Morgan fingerprint density at radius 2 is 1.04 bits per heavy atom. The van der Waals surface area contributed by atoms with Crippen LogP contribution in [-0.4, -0.2) is 129 Å². The standard InChI is InChI=1S/C29H27N9O9S2.K.H/c1-45-27-34-24(30-19-7-5-4-6-8-19)33-25(35-27)31-20-13-11-17(22(15-20)48(39,40)41)9-10-18-12-14-21(16-23(18)49(42,43)44)32-26-36-28(46-2)38-29(37-26)47-3;;/h4-16H,1-3H3,(H,39,40,41)(H,42,43,44)(H,32,36,37,38)(H2,30,31,33,34,35);;. The van der Waals surface area contributed by atoms with Gasteiger partial charge in [0.2, 0.25) is 17.8 Å². The average molecular weight is 750 g/mol. The molecule has 0 radical (unpaired) electrons. The maximum absolute atomic E-state index is 12.4. The van der Waals surface area contributed by atoms with E-state index in [9.17, 15) is 25.9 Å². The van der Waals surface area contributed by atoms with Gasteiger partial charge in [-0.25, -0.2) is 8.42 Å². The molecule has 50 heavy (non-hydrogen) atoms. The van der Waals surface area contributed by atoms with Crippen molar-refractivity contribution in [3.05, 3.63) is 77.9 Å². The second kappa shape index (κ2) is 16.6. The topological polar surface area (TPSA) is 253 Å². The van der Waals surface area contributed by atoms with Crippen LogP contribution in [0.4, 0.5) is 34.9 Å². The molecule has 0 aliphatic carbocycles. The van der Waals surface area contributed by atoms with Crippen LogP contribution >= 0.6 is 0 Å². The summed E-state index contributed by atoms with van der Waals surface area (Å²) in [6.07, 6.45) is 2.43. The predicted octanol–water partition coefficient (Wildman–Crippen LogP) is 3.10. The molecule has 3 aromatic carbocycles. The quantitative estimate of drug-likeness (QED) is 0.0766. The van der Waals surface area contributed by atoms with Crippen molar-refractivity contribution in [1.29, 1.82) is 0 Å². The van der Waals surface area contributed by atoms with Gasteiger partial charge in [0.15, 0.2) is 0 Å². The Morgan fingerprint density at radius 1 is 0.620 bits per heavy atom. The Balaban J connectivity index is 0.00000351. The zero-order valence-corrected chi connectivity index (χ0v) is 27.4. The van der Waals surface area contributed by atoms with Gasteiger partial charge in [-0.1, -0.05) is 42.5 Å². The van der Waals surface area contributed by atoms with E-state index < -0.39 is 30.0 Å². The van der Waals surface area contributed by atoms with Crippen LogP contribution < -0.4 is 30.2 Å². The molecule has 0 amide bonds. The van der Waals surface area contributed by atoms with Crippen molar-refractivity contribution >= 4 is 119 Å². The number of ether oxygens (including phenoxy) is 3. The molecule has 21 heteroatoms. The number of nitrogens with one attached hydrogen (secondary N) is 3. The molecule has 256 valence electrons. The summed E-state index contributed by atoms with van der Waals surface area (Å²) < 4.78 is 86.6. The van der Waals surface area contributed by atoms with Gasteiger partial charge in [0, 0.05) is 17.1 Å². The van der Waals surface area contributed by atoms with Crippen LogP contribution in [0.25, 0.3) is 12.2 Å². The third-order valence-corrected chi connectivity index (χ3v) is 8.12. The zero-order valence-electron chi connectivity index (χ0n) is 26.7. The predicted molar refractivity (Wildman–Crippen MR) is 183 cm³/mol. The van der Waals surface area contributed by atoms with Gasteiger partial charge in [-0.2, -0.15) is 33.3 Å². The molecule has 2 heterocycles. The molecule has 18 nitrogen and oxygen atoms in total. The number of nitrogens with zero attached hydrogens (tertiary/aromatic N) is 6. The van der Waals surface area contributed by atoms with Gasteiger partial charge < -0.3 is 34.7 Å². The fraction of sp³-hybridized carbons (Fsp3) is 0.103. The summed E-state index contributed by atoms with van der Waals surface area (Å²) in [5.41, 5.74) is 0.857. The van der Waals surface area contributed by atoms with Crippen molar-refractivity contribution in [3.8, 4) is 18.0 Å². The number of anilines is 6. The Bertz CT molecular complexity index is 2230. The van der Waals surface area contributed by atoms with Gasteiger partial charge in [-0.15, -0.1) is 4.98 Å². The number of aromatic nitrogens is 6. The summed E-state index contributed by atoms with van der Waals surface area (Å²) >= 11 is 0. The molecule has 0 unspecified atom stereocenters. The minimum atomic E-state index is -5.04. The normalized spacial score (nSPS) is 11.4.